The summed E-state index contributed by atoms with van der Waals surface area (Å²) in [5.41, 5.74) is 6.96. The van der Waals surface area contributed by atoms with Gasteiger partial charge in [0.2, 0.25) is 5.91 Å². The van der Waals surface area contributed by atoms with Crippen LogP contribution in [0.25, 0.3) is 0 Å². The number of carbonyl (C=O) groups excluding carboxylic acids is 2. The third-order valence-electron chi connectivity index (χ3n) is 5.02. The van der Waals surface area contributed by atoms with Crippen molar-refractivity contribution in [2.45, 2.75) is 55.3 Å². The minimum absolute atomic E-state index is 0.0184. The number of para-hydroxylation sites is 1. The zero-order valence-corrected chi connectivity index (χ0v) is 17.7. The van der Waals surface area contributed by atoms with Gasteiger partial charge < -0.3 is 16.4 Å². The number of thioether (sulfide) groups is 1. The normalized spacial score (nSPS) is 15.1. The molecular formula is C22H25N5O2S. The molecular weight excluding hydrogens is 398 g/mol. The van der Waals surface area contributed by atoms with Crippen LogP contribution in [0.15, 0.2) is 41.4 Å². The summed E-state index contributed by atoms with van der Waals surface area (Å²) in [7, 11) is 0. The first-order chi connectivity index (χ1) is 14.5. The van der Waals surface area contributed by atoms with Gasteiger partial charge in [-0.3, -0.25) is 9.59 Å². The van der Waals surface area contributed by atoms with Gasteiger partial charge >= 0.3 is 0 Å². The van der Waals surface area contributed by atoms with Crippen molar-refractivity contribution in [3.8, 4) is 6.07 Å². The number of rotatable bonds is 6. The number of anilines is 2. The SMILES string of the molecule is CC(Sc1nc(N)c(C(=O)Nc2ccccc2)cc1C#N)C(=O)NC1CCCCC1. The molecule has 0 spiro atoms. The van der Waals surface area contributed by atoms with Crippen LogP contribution in [-0.4, -0.2) is 28.1 Å². The molecule has 1 saturated carbocycles. The van der Waals surface area contributed by atoms with Gasteiger partial charge in [0.05, 0.1) is 16.4 Å². The van der Waals surface area contributed by atoms with Gasteiger partial charge in [0.15, 0.2) is 0 Å². The van der Waals surface area contributed by atoms with E-state index in [4.69, 9.17) is 5.73 Å². The quantitative estimate of drug-likeness (QED) is 0.609. The van der Waals surface area contributed by atoms with Gasteiger partial charge in [-0.15, -0.1) is 0 Å². The number of nitrogens with two attached hydrogens (primary N) is 1. The van der Waals surface area contributed by atoms with Crippen LogP contribution in [0.5, 0.6) is 0 Å². The molecule has 1 heterocycles. The number of nitrogen functional groups attached to an aromatic ring is 1. The lowest BCUT2D eigenvalue weighted by molar-refractivity contribution is -0.121. The van der Waals surface area contributed by atoms with Crippen molar-refractivity contribution in [2.24, 2.45) is 0 Å². The maximum Gasteiger partial charge on any atom is 0.259 e. The van der Waals surface area contributed by atoms with Crippen LogP contribution < -0.4 is 16.4 Å². The zero-order chi connectivity index (χ0) is 21.5. The first-order valence-electron chi connectivity index (χ1n) is 10.0. The number of hydrogen-bond donors (Lipinski definition) is 3. The Bertz CT molecular complexity index is 952. The van der Waals surface area contributed by atoms with Crippen molar-refractivity contribution in [3.63, 3.8) is 0 Å². The fourth-order valence-electron chi connectivity index (χ4n) is 3.37. The Morgan fingerprint density at radius 1 is 1.23 bits per heavy atom. The predicted octanol–water partition coefficient (Wildman–Crippen LogP) is 3.72. The van der Waals surface area contributed by atoms with Crippen molar-refractivity contribution >= 4 is 35.1 Å². The summed E-state index contributed by atoms with van der Waals surface area (Å²) in [6, 6.07) is 12.7. The second kappa shape index (κ2) is 10.1. The minimum Gasteiger partial charge on any atom is -0.383 e. The molecule has 1 fully saturated rings. The predicted molar refractivity (Wildman–Crippen MR) is 118 cm³/mol. The summed E-state index contributed by atoms with van der Waals surface area (Å²) < 4.78 is 0. The molecule has 7 nitrogen and oxygen atoms in total. The number of nitrogens with one attached hydrogen (secondary N) is 2. The summed E-state index contributed by atoms with van der Waals surface area (Å²) in [6.45, 7) is 1.78. The van der Waals surface area contributed by atoms with Gasteiger partial charge in [0.25, 0.3) is 5.91 Å². The van der Waals surface area contributed by atoms with Gasteiger partial charge in [0, 0.05) is 11.7 Å². The standard InChI is InChI=1S/C22H25N5O2S/c1-14(20(28)25-16-8-4-2-5-9-16)30-22-15(13-23)12-18(19(24)27-22)21(29)26-17-10-6-3-7-11-17/h3,6-7,10-12,14,16H,2,4-5,8-9H2,1H3,(H2,24,27)(H,25,28)(H,26,29). The molecule has 1 aliphatic rings. The van der Waals surface area contributed by atoms with Crippen LogP contribution in [0.3, 0.4) is 0 Å². The molecule has 0 radical (unpaired) electrons. The van der Waals surface area contributed by atoms with Crippen LogP contribution in [-0.2, 0) is 4.79 Å². The summed E-state index contributed by atoms with van der Waals surface area (Å²) in [5, 5.41) is 15.3. The second-order valence-corrected chi connectivity index (χ2v) is 8.64. The number of nitriles is 1. The molecule has 8 heteroatoms. The highest BCUT2D eigenvalue weighted by Crippen LogP contribution is 2.28. The fourth-order valence-corrected chi connectivity index (χ4v) is 4.26. The van der Waals surface area contributed by atoms with Crippen LogP contribution in [0.4, 0.5) is 11.5 Å². The summed E-state index contributed by atoms with van der Waals surface area (Å²) in [4.78, 5) is 29.3. The van der Waals surface area contributed by atoms with Crippen LogP contribution >= 0.6 is 11.8 Å². The number of pyridine rings is 1. The van der Waals surface area contributed by atoms with Gasteiger partial charge in [-0.05, 0) is 38.0 Å². The van der Waals surface area contributed by atoms with Crippen molar-refractivity contribution < 1.29 is 9.59 Å². The Morgan fingerprint density at radius 2 is 1.93 bits per heavy atom. The zero-order valence-electron chi connectivity index (χ0n) is 16.9. The van der Waals surface area contributed by atoms with Gasteiger partial charge in [-0.1, -0.05) is 49.2 Å². The van der Waals surface area contributed by atoms with Crippen molar-refractivity contribution in [1.29, 1.82) is 5.26 Å². The van der Waals surface area contributed by atoms with E-state index in [1.54, 1.807) is 31.2 Å². The molecule has 1 aromatic heterocycles. The van der Waals surface area contributed by atoms with Gasteiger partial charge in [-0.25, -0.2) is 4.98 Å². The van der Waals surface area contributed by atoms with Crippen LogP contribution in [0.2, 0.25) is 0 Å². The van der Waals surface area contributed by atoms with E-state index in [1.165, 1.54) is 24.2 Å². The van der Waals surface area contributed by atoms with Gasteiger partial charge in [-0.2, -0.15) is 5.26 Å². The van der Waals surface area contributed by atoms with E-state index in [0.717, 1.165) is 25.7 Å². The largest absolute Gasteiger partial charge is 0.383 e. The summed E-state index contributed by atoms with van der Waals surface area (Å²) >= 11 is 1.17. The Balaban J connectivity index is 1.71. The number of aromatic nitrogens is 1. The van der Waals surface area contributed by atoms with Crippen molar-refractivity contribution in [1.82, 2.24) is 10.3 Å². The van der Waals surface area contributed by atoms with E-state index >= 15 is 0 Å². The summed E-state index contributed by atoms with van der Waals surface area (Å²) in [5.74, 6) is -0.505. The smallest absolute Gasteiger partial charge is 0.259 e. The molecule has 1 unspecified atom stereocenters. The second-order valence-electron chi connectivity index (χ2n) is 7.31. The van der Waals surface area contributed by atoms with Crippen LogP contribution in [0.1, 0.15) is 54.9 Å². The molecule has 1 aromatic carbocycles. The minimum atomic E-state index is -0.442. The lowest BCUT2D eigenvalue weighted by Crippen LogP contribution is -2.40. The average Bonchev–Trinajstić information content (AvgIpc) is 2.75. The lowest BCUT2D eigenvalue weighted by atomic mass is 9.95. The van der Waals surface area contributed by atoms with E-state index in [0.29, 0.717) is 10.7 Å². The van der Waals surface area contributed by atoms with Crippen LogP contribution in [0, 0.1) is 11.3 Å². The lowest BCUT2D eigenvalue weighted by Gasteiger charge is -2.24. The molecule has 1 atom stereocenters. The molecule has 0 bridgehead atoms. The number of nitrogens with zero attached hydrogens (tertiary/aromatic N) is 2. The highest BCUT2D eigenvalue weighted by Gasteiger charge is 2.23. The molecule has 2 amide bonds. The number of hydrogen-bond acceptors (Lipinski definition) is 6. The Morgan fingerprint density at radius 3 is 2.60 bits per heavy atom. The number of carbonyl (C=O) groups is 2. The molecule has 2 aromatic rings. The third-order valence-corrected chi connectivity index (χ3v) is 6.13. The van der Waals surface area contributed by atoms with E-state index in [9.17, 15) is 14.9 Å². The monoisotopic (exact) mass is 423 g/mol. The molecule has 0 aliphatic heterocycles. The molecule has 0 saturated heterocycles. The van der Waals surface area contributed by atoms with Crippen molar-refractivity contribution in [3.05, 3.63) is 47.5 Å². The molecule has 30 heavy (non-hydrogen) atoms. The maximum absolute atomic E-state index is 12.6. The van der Waals surface area contributed by atoms with E-state index in [1.807, 2.05) is 6.07 Å². The summed E-state index contributed by atoms with van der Waals surface area (Å²) in [6.07, 6.45) is 5.49. The number of amides is 2. The third kappa shape index (κ3) is 5.51. The fraction of sp³-hybridized carbons (Fsp3) is 0.364. The molecule has 4 N–H and O–H groups in total. The van der Waals surface area contributed by atoms with Crippen molar-refractivity contribution in [2.75, 3.05) is 11.1 Å². The van der Waals surface area contributed by atoms with E-state index < -0.39 is 11.2 Å². The highest BCUT2D eigenvalue weighted by atomic mass is 32.2. The Kier molecular flexibility index (Phi) is 7.31. The maximum atomic E-state index is 12.6. The van der Waals surface area contributed by atoms with Gasteiger partial charge in [0.1, 0.15) is 16.9 Å². The van der Waals surface area contributed by atoms with E-state index in [-0.39, 0.29) is 28.9 Å². The molecule has 156 valence electrons. The molecule has 3 rings (SSSR count). The first kappa shape index (κ1) is 21.7. The number of benzene rings is 1. The Labute approximate surface area is 180 Å². The first-order valence-corrected chi connectivity index (χ1v) is 10.9. The topological polar surface area (TPSA) is 121 Å². The highest BCUT2D eigenvalue weighted by molar-refractivity contribution is 8.00. The molecule has 1 aliphatic carbocycles. The average molecular weight is 424 g/mol. The Hall–Kier alpha value is -3.05. The van der Waals surface area contributed by atoms with E-state index in [2.05, 4.69) is 21.7 Å².